The first kappa shape index (κ1) is 10.0. The number of ether oxygens (including phenoxy) is 1. The fourth-order valence-corrected chi connectivity index (χ4v) is 2.02. The molecule has 0 aromatic rings. The Hall–Kier alpha value is -0.0800. The van der Waals surface area contributed by atoms with Crippen molar-refractivity contribution in [2.24, 2.45) is 11.8 Å². The van der Waals surface area contributed by atoms with Gasteiger partial charge in [-0.05, 0) is 32.1 Å². The molecule has 0 spiro atoms. The normalized spacial score (nSPS) is 31.5. The lowest BCUT2D eigenvalue weighted by molar-refractivity contribution is -0.0816. The summed E-state index contributed by atoms with van der Waals surface area (Å²) in [5.74, 6) is 1.12. The average molecular weight is 172 g/mol. The molecule has 0 aromatic carbocycles. The van der Waals surface area contributed by atoms with Crippen molar-refractivity contribution >= 4 is 0 Å². The third kappa shape index (κ3) is 1.99. The molecule has 0 bridgehead atoms. The van der Waals surface area contributed by atoms with E-state index in [1.807, 2.05) is 13.8 Å². The van der Waals surface area contributed by atoms with Gasteiger partial charge in [0.15, 0.2) is 0 Å². The summed E-state index contributed by atoms with van der Waals surface area (Å²) in [6, 6.07) is 0. The van der Waals surface area contributed by atoms with Crippen LogP contribution in [0.3, 0.4) is 0 Å². The fourth-order valence-electron chi connectivity index (χ4n) is 2.02. The topological polar surface area (TPSA) is 29.5 Å². The van der Waals surface area contributed by atoms with Crippen molar-refractivity contribution in [3.8, 4) is 0 Å². The molecule has 1 heterocycles. The van der Waals surface area contributed by atoms with E-state index in [4.69, 9.17) is 4.74 Å². The Kier molecular flexibility index (Phi) is 2.79. The molecule has 1 aliphatic rings. The third-order valence-corrected chi connectivity index (χ3v) is 2.69. The predicted molar refractivity (Wildman–Crippen MR) is 49.0 cm³/mol. The molecule has 0 saturated carbocycles. The maximum absolute atomic E-state index is 9.81. The number of aliphatic hydroxyl groups is 1. The molecule has 1 fully saturated rings. The standard InChI is InChI=1S/C10H20O2/c1-7(2)8-5-6-12-9(8)10(3,4)11/h7-9,11H,5-6H2,1-4H3/t8-,9+/m0/s1. The van der Waals surface area contributed by atoms with Crippen LogP contribution in [0.15, 0.2) is 0 Å². The van der Waals surface area contributed by atoms with Crippen molar-refractivity contribution in [1.82, 2.24) is 0 Å². The molecular weight excluding hydrogens is 152 g/mol. The lowest BCUT2D eigenvalue weighted by atomic mass is 9.82. The summed E-state index contributed by atoms with van der Waals surface area (Å²) in [5, 5.41) is 9.81. The molecule has 72 valence electrons. The fraction of sp³-hybridized carbons (Fsp3) is 1.00. The van der Waals surface area contributed by atoms with E-state index in [9.17, 15) is 5.11 Å². The minimum Gasteiger partial charge on any atom is -0.388 e. The van der Waals surface area contributed by atoms with Crippen molar-refractivity contribution in [3.63, 3.8) is 0 Å². The zero-order chi connectivity index (χ0) is 9.35. The summed E-state index contributed by atoms with van der Waals surface area (Å²) >= 11 is 0. The van der Waals surface area contributed by atoms with Gasteiger partial charge in [0.05, 0.1) is 11.7 Å². The van der Waals surface area contributed by atoms with Crippen LogP contribution in [-0.4, -0.2) is 23.4 Å². The highest BCUT2D eigenvalue weighted by atomic mass is 16.5. The lowest BCUT2D eigenvalue weighted by Crippen LogP contribution is -2.41. The van der Waals surface area contributed by atoms with E-state index in [0.29, 0.717) is 11.8 Å². The Morgan fingerprint density at radius 2 is 2.00 bits per heavy atom. The van der Waals surface area contributed by atoms with Crippen LogP contribution in [0, 0.1) is 11.8 Å². The molecule has 1 aliphatic heterocycles. The molecule has 2 atom stereocenters. The minimum atomic E-state index is -0.689. The van der Waals surface area contributed by atoms with Gasteiger partial charge >= 0.3 is 0 Å². The monoisotopic (exact) mass is 172 g/mol. The number of rotatable bonds is 2. The summed E-state index contributed by atoms with van der Waals surface area (Å²) in [6.07, 6.45) is 1.12. The Morgan fingerprint density at radius 1 is 1.42 bits per heavy atom. The van der Waals surface area contributed by atoms with Crippen molar-refractivity contribution in [3.05, 3.63) is 0 Å². The number of hydrogen-bond donors (Lipinski definition) is 1. The summed E-state index contributed by atoms with van der Waals surface area (Å²) in [7, 11) is 0. The zero-order valence-corrected chi connectivity index (χ0v) is 8.50. The Balaban J connectivity index is 2.64. The molecule has 2 heteroatoms. The van der Waals surface area contributed by atoms with Crippen molar-refractivity contribution in [1.29, 1.82) is 0 Å². The molecule has 1 rings (SSSR count). The first-order chi connectivity index (χ1) is 5.43. The number of hydrogen-bond acceptors (Lipinski definition) is 2. The van der Waals surface area contributed by atoms with Gasteiger partial charge < -0.3 is 9.84 Å². The zero-order valence-electron chi connectivity index (χ0n) is 8.50. The van der Waals surface area contributed by atoms with Gasteiger partial charge in [-0.2, -0.15) is 0 Å². The van der Waals surface area contributed by atoms with Crippen LogP contribution >= 0.6 is 0 Å². The van der Waals surface area contributed by atoms with Gasteiger partial charge in [0.1, 0.15) is 0 Å². The van der Waals surface area contributed by atoms with Crippen LogP contribution in [0.2, 0.25) is 0 Å². The smallest absolute Gasteiger partial charge is 0.0887 e. The third-order valence-electron chi connectivity index (χ3n) is 2.69. The van der Waals surface area contributed by atoms with Crippen molar-refractivity contribution in [2.45, 2.75) is 45.8 Å². The molecule has 0 radical (unpaired) electrons. The second kappa shape index (κ2) is 3.35. The summed E-state index contributed by atoms with van der Waals surface area (Å²) < 4.78 is 5.54. The van der Waals surface area contributed by atoms with Gasteiger partial charge in [0, 0.05) is 6.61 Å². The van der Waals surface area contributed by atoms with E-state index in [2.05, 4.69) is 13.8 Å². The van der Waals surface area contributed by atoms with Crippen LogP contribution in [0.5, 0.6) is 0 Å². The maximum Gasteiger partial charge on any atom is 0.0887 e. The van der Waals surface area contributed by atoms with Gasteiger partial charge in [-0.15, -0.1) is 0 Å². The molecule has 0 aliphatic carbocycles. The maximum atomic E-state index is 9.81. The van der Waals surface area contributed by atoms with Crippen LogP contribution in [-0.2, 0) is 4.74 Å². The van der Waals surface area contributed by atoms with Gasteiger partial charge in [-0.1, -0.05) is 13.8 Å². The van der Waals surface area contributed by atoms with E-state index in [0.717, 1.165) is 13.0 Å². The highest BCUT2D eigenvalue weighted by Gasteiger charge is 2.39. The molecule has 2 nitrogen and oxygen atoms in total. The van der Waals surface area contributed by atoms with Crippen LogP contribution in [0.25, 0.3) is 0 Å². The summed E-state index contributed by atoms with van der Waals surface area (Å²) in [5.41, 5.74) is -0.689. The van der Waals surface area contributed by atoms with Gasteiger partial charge in [0.25, 0.3) is 0 Å². The highest BCUT2D eigenvalue weighted by molar-refractivity contribution is 4.89. The van der Waals surface area contributed by atoms with E-state index in [1.54, 1.807) is 0 Å². The van der Waals surface area contributed by atoms with Crippen LogP contribution in [0.4, 0.5) is 0 Å². The van der Waals surface area contributed by atoms with Crippen molar-refractivity contribution < 1.29 is 9.84 Å². The quantitative estimate of drug-likeness (QED) is 0.688. The Labute approximate surface area is 74.9 Å². The molecule has 0 amide bonds. The Morgan fingerprint density at radius 3 is 2.33 bits per heavy atom. The molecule has 0 unspecified atom stereocenters. The van der Waals surface area contributed by atoms with Crippen LogP contribution < -0.4 is 0 Å². The van der Waals surface area contributed by atoms with Crippen LogP contribution in [0.1, 0.15) is 34.1 Å². The molecule has 12 heavy (non-hydrogen) atoms. The molecular formula is C10H20O2. The van der Waals surface area contributed by atoms with E-state index in [1.165, 1.54) is 0 Å². The first-order valence-electron chi connectivity index (χ1n) is 4.77. The largest absolute Gasteiger partial charge is 0.388 e. The van der Waals surface area contributed by atoms with Crippen molar-refractivity contribution in [2.75, 3.05) is 6.61 Å². The second-order valence-corrected chi connectivity index (χ2v) is 4.64. The van der Waals surface area contributed by atoms with E-state index >= 15 is 0 Å². The van der Waals surface area contributed by atoms with Gasteiger partial charge in [-0.25, -0.2) is 0 Å². The Bertz CT molecular complexity index is 146. The highest BCUT2D eigenvalue weighted by Crippen LogP contribution is 2.33. The average Bonchev–Trinajstić information content (AvgIpc) is 2.30. The van der Waals surface area contributed by atoms with E-state index < -0.39 is 5.60 Å². The van der Waals surface area contributed by atoms with E-state index in [-0.39, 0.29) is 6.10 Å². The van der Waals surface area contributed by atoms with Gasteiger partial charge in [0.2, 0.25) is 0 Å². The van der Waals surface area contributed by atoms with Gasteiger partial charge in [-0.3, -0.25) is 0 Å². The summed E-state index contributed by atoms with van der Waals surface area (Å²) in [4.78, 5) is 0. The lowest BCUT2D eigenvalue weighted by Gasteiger charge is -2.31. The summed E-state index contributed by atoms with van der Waals surface area (Å²) in [6.45, 7) is 8.85. The molecule has 1 saturated heterocycles. The molecule has 0 aromatic heterocycles. The predicted octanol–water partition coefficient (Wildman–Crippen LogP) is 1.82. The first-order valence-corrected chi connectivity index (χ1v) is 4.77. The molecule has 1 N–H and O–H groups in total. The minimum absolute atomic E-state index is 0.0255. The SMILES string of the molecule is CC(C)[C@@H]1CCO[C@H]1C(C)(C)O. The second-order valence-electron chi connectivity index (χ2n) is 4.64.